The van der Waals surface area contributed by atoms with E-state index in [2.05, 4.69) is 15.9 Å². The largest absolute Gasteiger partial charge is 0.465 e. The predicted octanol–water partition coefficient (Wildman–Crippen LogP) is 1.08. The maximum Gasteiger partial charge on any atom is 0.321 e. The first kappa shape index (κ1) is 12.1. The average molecular weight is 257 g/mol. The third-order valence-electron chi connectivity index (χ3n) is 1.32. The summed E-state index contributed by atoms with van der Waals surface area (Å²) >= 11 is 3.20. The average Bonchev–Trinajstić information content (AvgIpc) is 1.99. The Morgan fingerprint density at radius 2 is 2.25 bits per heavy atom. The van der Waals surface area contributed by atoms with Crippen molar-refractivity contribution < 1.29 is 13.7 Å². The van der Waals surface area contributed by atoms with E-state index in [1.54, 1.807) is 6.92 Å². The van der Waals surface area contributed by atoms with Gasteiger partial charge in [0.15, 0.2) is 0 Å². The van der Waals surface area contributed by atoms with Gasteiger partial charge in [-0.15, -0.1) is 0 Å². The molecule has 0 saturated carbocycles. The fraction of sp³-hybridized carbons (Fsp3) is 0.857. The van der Waals surface area contributed by atoms with Crippen LogP contribution >= 0.6 is 15.9 Å². The molecular formula is C7H13BrO3S. The van der Waals surface area contributed by atoms with Crippen molar-refractivity contribution in [1.82, 2.24) is 0 Å². The van der Waals surface area contributed by atoms with Gasteiger partial charge in [0.05, 0.1) is 6.61 Å². The van der Waals surface area contributed by atoms with E-state index < -0.39 is 16.0 Å². The predicted molar refractivity (Wildman–Crippen MR) is 52.9 cm³/mol. The lowest BCUT2D eigenvalue weighted by molar-refractivity contribution is -0.142. The van der Waals surface area contributed by atoms with Crippen LogP contribution in [0.4, 0.5) is 0 Å². The number of ether oxygens (including phenoxy) is 1. The molecule has 0 bridgehead atoms. The van der Waals surface area contributed by atoms with Crippen LogP contribution in [0.1, 0.15) is 13.3 Å². The van der Waals surface area contributed by atoms with Crippen molar-refractivity contribution in [3.63, 3.8) is 0 Å². The van der Waals surface area contributed by atoms with Crippen LogP contribution in [0, 0.1) is 0 Å². The molecule has 0 aromatic rings. The van der Waals surface area contributed by atoms with Gasteiger partial charge in [0.1, 0.15) is 5.25 Å². The molecule has 0 rings (SSSR count). The number of rotatable bonds is 5. The number of carbonyl (C=O) groups is 1. The molecule has 1 unspecified atom stereocenters. The van der Waals surface area contributed by atoms with E-state index in [1.807, 2.05) is 0 Å². The van der Waals surface area contributed by atoms with Crippen LogP contribution in [0.25, 0.3) is 0 Å². The lowest BCUT2D eigenvalue weighted by Crippen LogP contribution is -2.27. The number of hydrogen-bond donors (Lipinski definition) is 0. The zero-order valence-electron chi connectivity index (χ0n) is 7.21. The molecule has 3 nitrogen and oxygen atoms in total. The molecule has 0 aliphatic heterocycles. The van der Waals surface area contributed by atoms with Gasteiger partial charge in [-0.1, -0.05) is 15.9 Å². The van der Waals surface area contributed by atoms with E-state index in [1.165, 1.54) is 6.26 Å². The summed E-state index contributed by atoms with van der Waals surface area (Å²) in [7, 11) is -1.14. The number of halogens is 1. The van der Waals surface area contributed by atoms with Crippen LogP contribution in [-0.2, 0) is 20.3 Å². The van der Waals surface area contributed by atoms with Crippen LogP contribution in [-0.4, -0.2) is 33.6 Å². The first-order chi connectivity index (χ1) is 5.63. The fourth-order valence-corrected chi connectivity index (χ4v) is 2.30. The molecule has 0 aromatic heterocycles. The molecule has 72 valence electrons. The van der Waals surface area contributed by atoms with Gasteiger partial charge in [-0.05, 0) is 13.3 Å². The van der Waals surface area contributed by atoms with Gasteiger partial charge < -0.3 is 4.74 Å². The molecule has 0 N–H and O–H groups in total. The molecule has 0 fully saturated rings. The molecule has 0 heterocycles. The van der Waals surface area contributed by atoms with Crippen molar-refractivity contribution in [3.8, 4) is 0 Å². The highest BCUT2D eigenvalue weighted by molar-refractivity contribution is 9.09. The third-order valence-corrected chi connectivity index (χ3v) is 3.01. The highest BCUT2D eigenvalue weighted by atomic mass is 79.9. The molecular weight excluding hydrogens is 244 g/mol. The Bertz CT molecular complexity index is 172. The third kappa shape index (κ3) is 4.21. The highest BCUT2D eigenvalue weighted by Gasteiger charge is 2.22. The monoisotopic (exact) mass is 256 g/mol. The Kier molecular flexibility index (Phi) is 6.65. The molecule has 0 aromatic carbocycles. The van der Waals surface area contributed by atoms with Crippen LogP contribution in [0.5, 0.6) is 0 Å². The Labute approximate surface area is 83.4 Å². The van der Waals surface area contributed by atoms with Gasteiger partial charge in [0.25, 0.3) is 0 Å². The van der Waals surface area contributed by atoms with Crippen LogP contribution in [0.15, 0.2) is 0 Å². The highest BCUT2D eigenvalue weighted by Crippen LogP contribution is 2.05. The van der Waals surface area contributed by atoms with E-state index in [4.69, 9.17) is 4.74 Å². The lowest BCUT2D eigenvalue weighted by atomic mass is 10.3. The van der Waals surface area contributed by atoms with E-state index in [9.17, 15) is 9.00 Å². The van der Waals surface area contributed by atoms with Crippen LogP contribution in [0.3, 0.4) is 0 Å². The normalized spacial score (nSPS) is 15.2. The number of hydrogen-bond acceptors (Lipinski definition) is 3. The first-order valence-electron chi connectivity index (χ1n) is 3.68. The van der Waals surface area contributed by atoms with Gasteiger partial charge in [-0.3, -0.25) is 9.00 Å². The maximum atomic E-state index is 11.1. The molecule has 0 aliphatic carbocycles. The molecule has 0 radical (unpaired) electrons. The number of alkyl halides is 1. The minimum Gasteiger partial charge on any atom is -0.465 e. The van der Waals surface area contributed by atoms with Gasteiger partial charge >= 0.3 is 5.97 Å². The zero-order chi connectivity index (χ0) is 9.56. The van der Waals surface area contributed by atoms with Gasteiger partial charge in [-0.25, -0.2) is 0 Å². The summed E-state index contributed by atoms with van der Waals surface area (Å²) in [5.41, 5.74) is 0. The second-order valence-electron chi connectivity index (χ2n) is 2.22. The van der Waals surface area contributed by atoms with Gasteiger partial charge in [0, 0.05) is 22.4 Å². The summed E-state index contributed by atoms with van der Waals surface area (Å²) in [6.07, 6.45) is 2.08. The minimum atomic E-state index is -1.14. The van der Waals surface area contributed by atoms with E-state index in [0.29, 0.717) is 18.4 Å². The van der Waals surface area contributed by atoms with Crippen LogP contribution in [0.2, 0.25) is 0 Å². The maximum absolute atomic E-state index is 11.1. The Hall–Kier alpha value is 0.1000. The topological polar surface area (TPSA) is 43.4 Å². The van der Waals surface area contributed by atoms with E-state index >= 15 is 0 Å². The van der Waals surface area contributed by atoms with Crippen molar-refractivity contribution in [3.05, 3.63) is 0 Å². The van der Waals surface area contributed by atoms with E-state index in [-0.39, 0.29) is 5.97 Å². The fourth-order valence-electron chi connectivity index (χ4n) is 0.754. The number of esters is 1. The molecule has 0 aliphatic rings. The molecule has 5 heteroatoms. The lowest BCUT2D eigenvalue weighted by Gasteiger charge is -2.10. The van der Waals surface area contributed by atoms with Crippen molar-refractivity contribution >= 4 is 32.7 Å². The standard InChI is InChI=1S/C7H13BrO3S/c1-3-11-7(9)6(4-5-8)12(2)10/h6H,3-5H2,1-2H3/t6-,12?/m1/s1. The Balaban J connectivity index is 4.09. The smallest absolute Gasteiger partial charge is 0.321 e. The van der Waals surface area contributed by atoms with Crippen LogP contribution < -0.4 is 0 Å². The van der Waals surface area contributed by atoms with Crippen molar-refractivity contribution in [1.29, 1.82) is 0 Å². The van der Waals surface area contributed by atoms with Gasteiger partial charge in [-0.2, -0.15) is 0 Å². The quantitative estimate of drug-likeness (QED) is 0.547. The summed E-state index contributed by atoms with van der Waals surface area (Å²) in [5.74, 6) is -0.363. The second kappa shape index (κ2) is 6.60. The van der Waals surface area contributed by atoms with Crippen molar-refractivity contribution in [2.24, 2.45) is 0 Å². The molecule has 0 saturated heterocycles. The second-order valence-corrected chi connectivity index (χ2v) is 4.58. The van der Waals surface area contributed by atoms with E-state index in [0.717, 1.165) is 0 Å². The Morgan fingerprint density at radius 1 is 1.67 bits per heavy atom. The molecule has 2 atom stereocenters. The van der Waals surface area contributed by atoms with Gasteiger partial charge in [0.2, 0.25) is 0 Å². The summed E-state index contributed by atoms with van der Waals surface area (Å²) in [5, 5.41) is 0.181. The first-order valence-corrected chi connectivity index (χ1v) is 6.42. The Morgan fingerprint density at radius 3 is 2.58 bits per heavy atom. The summed E-state index contributed by atoms with van der Waals surface area (Å²) in [6, 6.07) is 0. The SMILES string of the molecule is CCOC(=O)[C@@H](CCBr)S(C)=O. The molecule has 0 spiro atoms. The molecule has 12 heavy (non-hydrogen) atoms. The number of carbonyl (C=O) groups excluding carboxylic acids is 1. The molecule has 0 amide bonds. The zero-order valence-corrected chi connectivity index (χ0v) is 9.61. The van der Waals surface area contributed by atoms with Crippen molar-refractivity contribution in [2.45, 2.75) is 18.6 Å². The summed E-state index contributed by atoms with van der Waals surface area (Å²) < 4.78 is 15.8. The van der Waals surface area contributed by atoms with Crippen molar-refractivity contribution in [2.75, 3.05) is 18.2 Å². The summed E-state index contributed by atoms with van der Waals surface area (Å²) in [4.78, 5) is 11.1. The minimum absolute atomic E-state index is 0.342. The summed E-state index contributed by atoms with van der Waals surface area (Å²) in [6.45, 7) is 2.08.